The minimum Gasteiger partial charge on any atom is -0.489 e. The largest absolute Gasteiger partial charge is 0.489 e. The van der Waals surface area contributed by atoms with E-state index in [1.165, 1.54) is 0 Å². The van der Waals surface area contributed by atoms with Crippen molar-refractivity contribution in [1.82, 2.24) is 4.90 Å². The Balaban J connectivity index is 1.89. The highest BCUT2D eigenvalue weighted by atomic mass is 19.1. The maximum absolute atomic E-state index is 13.2. The van der Waals surface area contributed by atoms with Crippen LogP contribution in [0.25, 0.3) is 0 Å². The summed E-state index contributed by atoms with van der Waals surface area (Å²) in [6.45, 7) is -0.0385. The Morgan fingerprint density at radius 3 is 2.39 bits per heavy atom. The van der Waals surface area contributed by atoms with Gasteiger partial charge < -0.3 is 4.74 Å². The topological polar surface area (TPSA) is 46.6 Å². The first-order valence-corrected chi connectivity index (χ1v) is 5.19. The molecule has 1 aromatic carbocycles. The molecule has 0 bridgehead atoms. The van der Waals surface area contributed by atoms with Crippen molar-refractivity contribution in [3.8, 4) is 5.75 Å². The van der Waals surface area contributed by atoms with Crippen LogP contribution >= 0.6 is 0 Å². The van der Waals surface area contributed by atoms with Crippen molar-refractivity contribution in [3.05, 3.63) is 42.0 Å². The standard InChI is InChI=1S/C12H9F2NO3/c13-8-1-2-10(9(14)7-8)18-6-5-15-11(16)3-4-12(15)17/h1-4,7H,5-6H2. The predicted octanol–water partition coefficient (Wildman–Crippen LogP) is 1.27. The molecule has 18 heavy (non-hydrogen) atoms. The Labute approximate surface area is 101 Å². The van der Waals surface area contributed by atoms with Gasteiger partial charge in [-0.3, -0.25) is 14.5 Å². The van der Waals surface area contributed by atoms with E-state index in [0.717, 1.165) is 29.2 Å². The Kier molecular flexibility index (Phi) is 3.36. The zero-order valence-corrected chi connectivity index (χ0v) is 9.23. The summed E-state index contributed by atoms with van der Waals surface area (Å²) in [4.78, 5) is 23.3. The third-order valence-electron chi connectivity index (χ3n) is 2.37. The lowest BCUT2D eigenvalue weighted by atomic mass is 10.3. The van der Waals surface area contributed by atoms with Crippen molar-refractivity contribution < 1.29 is 23.1 Å². The Morgan fingerprint density at radius 1 is 1.11 bits per heavy atom. The minimum atomic E-state index is -0.827. The number of carbonyl (C=O) groups excluding carboxylic acids is 2. The molecule has 1 aliphatic heterocycles. The van der Waals surface area contributed by atoms with Crippen molar-refractivity contribution in [2.45, 2.75) is 0 Å². The third kappa shape index (κ3) is 2.53. The lowest BCUT2D eigenvalue weighted by Crippen LogP contribution is -2.33. The number of carbonyl (C=O) groups is 2. The quantitative estimate of drug-likeness (QED) is 0.759. The van der Waals surface area contributed by atoms with E-state index >= 15 is 0 Å². The van der Waals surface area contributed by atoms with Crippen molar-refractivity contribution >= 4 is 11.8 Å². The van der Waals surface area contributed by atoms with Crippen LogP contribution in [0.2, 0.25) is 0 Å². The second-order valence-electron chi connectivity index (χ2n) is 3.58. The number of ether oxygens (including phenoxy) is 1. The van der Waals surface area contributed by atoms with Gasteiger partial charge in [-0.15, -0.1) is 0 Å². The van der Waals surface area contributed by atoms with Gasteiger partial charge in [-0.2, -0.15) is 0 Å². The highest BCUT2D eigenvalue weighted by molar-refractivity contribution is 6.12. The number of imide groups is 1. The number of rotatable bonds is 4. The number of amides is 2. The van der Waals surface area contributed by atoms with E-state index in [0.29, 0.717) is 6.07 Å². The van der Waals surface area contributed by atoms with Crippen molar-refractivity contribution in [2.24, 2.45) is 0 Å². The summed E-state index contributed by atoms with van der Waals surface area (Å²) >= 11 is 0. The summed E-state index contributed by atoms with van der Waals surface area (Å²) in [5.41, 5.74) is 0. The fourth-order valence-electron chi connectivity index (χ4n) is 1.49. The number of hydrogen-bond donors (Lipinski definition) is 0. The smallest absolute Gasteiger partial charge is 0.253 e. The molecule has 0 aliphatic carbocycles. The van der Waals surface area contributed by atoms with Crippen LogP contribution in [0.15, 0.2) is 30.4 Å². The monoisotopic (exact) mass is 253 g/mol. The summed E-state index contributed by atoms with van der Waals surface area (Å²) < 4.78 is 30.8. The normalized spacial score (nSPS) is 14.4. The molecule has 0 N–H and O–H groups in total. The van der Waals surface area contributed by atoms with Gasteiger partial charge in [-0.05, 0) is 12.1 Å². The van der Waals surface area contributed by atoms with E-state index in [1.54, 1.807) is 0 Å². The molecule has 0 spiro atoms. The average molecular weight is 253 g/mol. The summed E-state index contributed by atoms with van der Waals surface area (Å²) in [5.74, 6) is -2.50. The van der Waals surface area contributed by atoms with Gasteiger partial charge in [0, 0.05) is 18.2 Å². The molecule has 0 saturated carbocycles. The molecule has 4 nitrogen and oxygen atoms in total. The van der Waals surface area contributed by atoms with E-state index < -0.39 is 23.4 Å². The maximum Gasteiger partial charge on any atom is 0.253 e. The highest BCUT2D eigenvalue weighted by Gasteiger charge is 2.22. The molecule has 0 unspecified atom stereocenters. The van der Waals surface area contributed by atoms with E-state index in [-0.39, 0.29) is 18.9 Å². The molecule has 0 fully saturated rings. The van der Waals surface area contributed by atoms with Gasteiger partial charge >= 0.3 is 0 Å². The lowest BCUT2D eigenvalue weighted by Gasteiger charge is -2.14. The predicted molar refractivity (Wildman–Crippen MR) is 57.7 cm³/mol. The second-order valence-corrected chi connectivity index (χ2v) is 3.58. The van der Waals surface area contributed by atoms with E-state index in [2.05, 4.69) is 0 Å². The van der Waals surface area contributed by atoms with E-state index in [1.807, 2.05) is 0 Å². The molecule has 0 aromatic heterocycles. The van der Waals surface area contributed by atoms with Gasteiger partial charge in [-0.1, -0.05) is 0 Å². The first-order valence-electron chi connectivity index (χ1n) is 5.19. The van der Waals surface area contributed by atoms with Crippen molar-refractivity contribution in [2.75, 3.05) is 13.2 Å². The Bertz CT molecular complexity index is 510. The van der Waals surface area contributed by atoms with Crippen LogP contribution in [0, 0.1) is 11.6 Å². The van der Waals surface area contributed by atoms with Crippen LogP contribution < -0.4 is 4.74 Å². The van der Waals surface area contributed by atoms with Crippen LogP contribution in [0.1, 0.15) is 0 Å². The number of benzene rings is 1. The number of nitrogens with zero attached hydrogens (tertiary/aromatic N) is 1. The third-order valence-corrected chi connectivity index (χ3v) is 2.37. The van der Waals surface area contributed by atoms with Crippen molar-refractivity contribution in [1.29, 1.82) is 0 Å². The van der Waals surface area contributed by atoms with Gasteiger partial charge in [-0.25, -0.2) is 8.78 Å². The molecule has 1 aliphatic rings. The van der Waals surface area contributed by atoms with Gasteiger partial charge in [0.2, 0.25) is 0 Å². The molecular formula is C12H9F2NO3. The summed E-state index contributed by atoms with van der Waals surface area (Å²) in [6.07, 6.45) is 2.31. The molecule has 1 aromatic rings. The first kappa shape index (κ1) is 12.2. The van der Waals surface area contributed by atoms with Crippen molar-refractivity contribution in [3.63, 3.8) is 0 Å². The summed E-state index contributed by atoms with van der Waals surface area (Å²) in [7, 11) is 0. The first-order chi connectivity index (χ1) is 8.58. The van der Waals surface area contributed by atoms with E-state index in [4.69, 9.17) is 4.74 Å². The van der Waals surface area contributed by atoms with Crippen LogP contribution in [0.3, 0.4) is 0 Å². The SMILES string of the molecule is O=C1C=CC(=O)N1CCOc1ccc(F)cc1F. The van der Waals surface area contributed by atoms with Crippen LogP contribution in [-0.2, 0) is 9.59 Å². The summed E-state index contributed by atoms with van der Waals surface area (Å²) in [5, 5.41) is 0. The van der Waals surface area contributed by atoms with Crippen LogP contribution in [0.5, 0.6) is 5.75 Å². The summed E-state index contributed by atoms with van der Waals surface area (Å²) in [6, 6.07) is 2.91. The van der Waals surface area contributed by atoms with Gasteiger partial charge in [0.25, 0.3) is 11.8 Å². The second kappa shape index (κ2) is 4.95. The molecule has 2 rings (SSSR count). The Hall–Kier alpha value is -2.24. The van der Waals surface area contributed by atoms with Gasteiger partial charge in [0.05, 0.1) is 6.54 Å². The van der Waals surface area contributed by atoms with Gasteiger partial charge in [0.15, 0.2) is 11.6 Å². The molecule has 6 heteroatoms. The van der Waals surface area contributed by atoms with Crippen LogP contribution in [-0.4, -0.2) is 29.9 Å². The molecule has 1 heterocycles. The van der Waals surface area contributed by atoms with Gasteiger partial charge in [0.1, 0.15) is 12.4 Å². The molecule has 94 valence electrons. The van der Waals surface area contributed by atoms with E-state index in [9.17, 15) is 18.4 Å². The molecular weight excluding hydrogens is 244 g/mol. The molecule has 0 saturated heterocycles. The molecule has 0 radical (unpaired) electrons. The minimum absolute atomic E-state index is 0.0154. The fourth-order valence-corrected chi connectivity index (χ4v) is 1.49. The zero-order chi connectivity index (χ0) is 13.1. The molecule has 0 atom stereocenters. The molecule has 2 amide bonds. The zero-order valence-electron chi connectivity index (χ0n) is 9.23. The average Bonchev–Trinajstić information content (AvgIpc) is 2.63. The maximum atomic E-state index is 13.2. The number of halogens is 2. The van der Waals surface area contributed by atoms with Crippen LogP contribution in [0.4, 0.5) is 8.78 Å². The highest BCUT2D eigenvalue weighted by Crippen LogP contribution is 2.17. The Morgan fingerprint density at radius 2 is 1.78 bits per heavy atom. The lowest BCUT2D eigenvalue weighted by molar-refractivity contribution is -0.137. The fraction of sp³-hybridized carbons (Fsp3) is 0.167. The number of hydrogen-bond acceptors (Lipinski definition) is 3.